The molecule has 1 N–H and O–H groups in total. The molecule has 0 amide bonds. The number of rotatable bonds is 4. The monoisotopic (exact) mass is 276 g/mol. The molecule has 1 unspecified atom stereocenters. The van der Waals surface area contributed by atoms with Gasteiger partial charge in [0.2, 0.25) is 6.04 Å². The Kier molecular flexibility index (Phi) is 4.02. The maximum absolute atomic E-state index is 13.0. The van der Waals surface area contributed by atoms with Gasteiger partial charge in [-0.05, 0) is 34.1 Å². The fourth-order valence-electron chi connectivity index (χ4n) is 0.946. The van der Waals surface area contributed by atoms with Crippen molar-refractivity contribution in [3.05, 3.63) is 38.6 Å². The molecule has 1 aromatic rings. The van der Waals surface area contributed by atoms with Gasteiger partial charge < -0.3 is 5.32 Å². The number of anilines is 1. The van der Waals surface area contributed by atoms with E-state index in [0.29, 0.717) is 10.2 Å². The van der Waals surface area contributed by atoms with Crippen molar-refractivity contribution < 1.29 is 9.31 Å². The van der Waals surface area contributed by atoms with E-state index in [9.17, 15) is 14.5 Å². The number of hydrogen-bond acceptors (Lipinski definition) is 3. The van der Waals surface area contributed by atoms with E-state index in [0.717, 1.165) is 0 Å². The van der Waals surface area contributed by atoms with Crippen molar-refractivity contribution in [1.29, 1.82) is 0 Å². The molecule has 0 spiro atoms. The minimum atomic E-state index is -0.697. The van der Waals surface area contributed by atoms with Gasteiger partial charge in [-0.3, -0.25) is 10.1 Å². The van der Waals surface area contributed by atoms with E-state index in [4.69, 9.17) is 0 Å². The van der Waals surface area contributed by atoms with Gasteiger partial charge in [-0.1, -0.05) is 0 Å². The fraction of sp³-hybridized carbons (Fsp3) is 0.333. The van der Waals surface area contributed by atoms with Crippen LogP contribution in [0.4, 0.5) is 10.1 Å². The Hall–Kier alpha value is -1.17. The molecule has 0 saturated carbocycles. The molecule has 0 aliphatic heterocycles. The number of benzene rings is 1. The van der Waals surface area contributed by atoms with Crippen LogP contribution in [0.25, 0.3) is 0 Å². The zero-order chi connectivity index (χ0) is 11.4. The molecule has 1 atom stereocenters. The van der Waals surface area contributed by atoms with Crippen molar-refractivity contribution in [2.45, 2.75) is 13.0 Å². The Morgan fingerprint density at radius 3 is 2.87 bits per heavy atom. The SMILES string of the molecule is CC(CNc1ccc(Br)c(F)c1)[N+](=O)[O-]. The summed E-state index contributed by atoms with van der Waals surface area (Å²) in [5, 5.41) is 13.1. The van der Waals surface area contributed by atoms with Crippen LogP contribution in [-0.2, 0) is 0 Å². The zero-order valence-electron chi connectivity index (χ0n) is 8.04. The summed E-state index contributed by atoms with van der Waals surface area (Å²) in [6.07, 6.45) is 0. The Balaban J connectivity index is 2.58. The first-order valence-corrected chi connectivity index (χ1v) is 5.12. The van der Waals surface area contributed by atoms with Crippen LogP contribution < -0.4 is 5.32 Å². The molecular formula is C9H10BrFN2O2. The zero-order valence-corrected chi connectivity index (χ0v) is 9.62. The van der Waals surface area contributed by atoms with E-state index in [1.807, 2.05) is 0 Å². The molecule has 0 bridgehead atoms. The minimum absolute atomic E-state index is 0.175. The number of nitrogens with one attached hydrogen (secondary N) is 1. The highest BCUT2D eigenvalue weighted by atomic mass is 79.9. The molecule has 0 aliphatic carbocycles. The molecule has 0 radical (unpaired) electrons. The van der Waals surface area contributed by atoms with Gasteiger partial charge in [0.25, 0.3) is 0 Å². The second kappa shape index (κ2) is 5.06. The first-order chi connectivity index (χ1) is 7.00. The summed E-state index contributed by atoms with van der Waals surface area (Å²) in [7, 11) is 0. The standard InChI is InChI=1S/C9H10BrFN2O2/c1-6(13(14)15)5-12-7-2-3-8(10)9(11)4-7/h2-4,6,12H,5H2,1H3. The lowest BCUT2D eigenvalue weighted by molar-refractivity contribution is -0.514. The average molecular weight is 277 g/mol. The van der Waals surface area contributed by atoms with Crippen LogP contribution >= 0.6 is 15.9 Å². The quantitative estimate of drug-likeness (QED) is 0.680. The Bertz CT molecular complexity index is 373. The fourth-order valence-corrected chi connectivity index (χ4v) is 1.19. The second-order valence-electron chi connectivity index (χ2n) is 3.14. The third kappa shape index (κ3) is 3.47. The van der Waals surface area contributed by atoms with Gasteiger partial charge in [0, 0.05) is 17.5 Å². The van der Waals surface area contributed by atoms with Gasteiger partial charge in [0.05, 0.1) is 11.0 Å². The van der Waals surface area contributed by atoms with Crippen molar-refractivity contribution in [1.82, 2.24) is 0 Å². The first kappa shape index (κ1) is 11.9. The summed E-state index contributed by atoms with van der Waals surface area (Å²) in [6.45, 7) is 1.66. The van der Waals surface area contributed by atoms with Crippen LogP contribution in [0.15, 0.2) is 22.7 Å². The highest BCUT2D eigenvalue weighted by Gasteiger charge is 2.11. The summed E-state index contributed by atoms with van der Waals surface area (Å²) in [4.78, 5) is 9.94. The van der Waals surface area contributed by atoms with Crippen LogP contribution in [0.1, 0.15) is 6.92 Å². The Morgan fingerprint density at radius 2 is 2.33 bits per heavy atom. The number of nitrogens with zero attached hydrogens (tertiary/aromatic N) is 1. The maximum Gasteiger partial charge on any atom is 0.227 e. The van der Waals surface area contributed by atoms with Crippen LogP contribution in [0, 0.1) is 15.9 Å². The molecule has 82 valence electrons. The minimum Gasteiger partial charge on any atom is -0.378 e. The van der Waals surface area contributed by atoms with E-state index in [1.165, 1.54) is 13.0 Å². The lowest BCUT2D eigenvalue weighted by Gasteiger charge is -2.07. The van der Waals surface area contributed by atoms with Crippen molar-refractivity contribution >= 4 is 21.6 Å². The first-order valence-electron chi connectivity index (χ1n) is 4.33. The lowest BCUT2D eigenvalue weighted by atomic mass is 10.3. The molecule has 0 aromatic heterocycles. The second-order valence-corrected chi connectivity index (χ2v) is 4.00. The van der Waals surface area contributed by atoms with Gasteiger partial charge in [-0.2, -0.15) is 0 Å². The molecule has 0 heterocycles. The molecular weight excluding hydrogens is 267 g/mol. The van der Waals surface area contributed by atoms with Crippen molar-refractivity contribution in [3.8, 4) is 0 Å². The molecule has 4 nitrogen and oxygen atoms in total. The Morgan fingerprint density at radius 1 is 1.67 bits per heavy atom. The topological polar surface area (TPSA) is 55.2 Å². The molecule has 0 aliphatic rings. The highest BCUT2D eigenvalue weighted by molar-refractivity contribution is 9.10. The van der Waals surface area contributed by atoms with Crippen LogP contribution in [0.3, 0.4) is 0 Å². The van der Waals surface area contributed by atoms with Gasteiger partial charge >= 0.3 is 0 Å². The summed E-state index contributed by atoms with van der Waals surface area (Å²) in [5.41, 5.74) is 0.532. The number of halogens is 2. The summed E-state index contributed by atoms with van der Waals surface area (Å²) < 4.78 is 13.4. The smallest absolute Gasteiger partial charge is 0.227 e. The van der Waals surface area contributed by atoms with Crippen LogP contribution in [0.2, 0.25) is 0 Å². The Labute approximate surface area is 94.8 Å². The van der Waals surface area contributed by atoms with E-state index >= 15 is 0 Å². The van der Waals surface area contributed by atoms with E-state index in [-0.39, 0.29) is 11.5 Å². The van der Waals surface area contributed by atoms with E-state index in [2.05, 4.69) is 21.2 Å². The van der Waals surface area contributed by atoms with Gasteiger partial charge in [-0.15, -0.1) is 0 Å². The normalized spacial score (nSPS) is 12.2. The number of nitro groups is 1. The van der Waals surface area contributed by atoms with E-state index in [1.54, 1.807) is 12.1 Å². The third-order valence-electron chi connectivity index (χ3n) is 1.88. The van der Waals surface area contributed by atoms with Gasteiger partial charge in [-0.25, -0.2) is 4.39 Å². The lowest BCUT2D eigenvalue weighted by Crippen LogP contribution is -2.24. The summed E-state index contributed by atoms with van der Waals surface area (Å²) in [6, 6.07) is 3.79. The molecule has 6 heteroatoms. The molecule has 15 heavy (non-hydrogen) atoms. The average Bonchev–Trinajstić information content (AvgIpc) is 2.19. The molecule has 0 fully saturated rings. The maximum atomic E-state index is 13.0. The van der Waals surface area contributed by atoms with Crippen LogP contribution in [0.5, 0.6) is 0 Å². The summed E-state index contributed by atoms with van der Waals surface area (Å²) in [5.74, 6) is -0.395. The van der Waals surface area contributed by atoms with E-state index < -0.39 is 11.9 Å². The predicted octanol–water partition coefficient (Wildman–Crippen LogP) is 2.67. The third-order valence-corrected chi connectivity index (χ3v) is 2.52. The van der Waals surface area contributed by atoms with Crippen molar-refractivity contribution in [2.24, 2.45) is 0 Å². The number of hydrogen-bond donors (Lipinski definition) is 1. The van der Waals surface area contributed by atoms with Gasteiger partial charge in [0.15, 0.2) is 0 Å². The van der Waals surface area contributed by atoms with Gasteiger partial charge in [0.1, 0.15) is 5.82 Å². The molecule has 1 rings (SSSR count). The largest absolute Gasteiger partial charge is 0.378 e. The van der Waals surface area contributed by atoms with Crippen molar-refractivity contribution in [3.63, 3.8) is 0 Å². The summed E-state index contributed by atoms with van der Waals surface area (Å²) >= 11 is 3.02. The predicted molar refractivity (Wildman–Crippen MR) is 59.0 cm³/mol. The molecule has 0 saturated heterocycles. The molecule has 1 aromatic carbocycles. The van der Waals surface area contributed by atoms with Crippen LogP contribution in [-0.4, -0.2) is 17.5 Å². The van der Waals surface area contributed by atoms with Crippen molar-refractivity contribution in [2.75, 3.05) is 11.9 Å². The highest BCUT2D eigenvalue weighted by Crippen LogP contribution is 2.19.